The fourth-order valence-corrected chi connectivity index (χ4v) is 1.69. The van der Waals surface area contributed by atoms with E-state index in [-0.39, 0.29) is 6.61 Å². The van der Waals surface area contributed by atoms with Gasteiger partial charge < -0.3 is 10.2 Å². The van der Waals surface area contributed by atoms with Crippen molar-refractivity contribution in [2.75, 3.05) is 11.9 Å². The Morgan fingerprint density at radius 3 is 2.95 bits per heavy atom. The van der Waals surface area contributed by atoms with Crippen molar-refractivity contribution in [1.29, 1.82) is 0 Å². The van der Waals surface area contributed by atoms with Crippen LogP contribution < -0.4 is 5.32 Å². The Kier molecular flexibility index (Phi) is 3.81. The zero-order chi connectivity index (χ0) is 13.8. The molecule has 0 spiro atoms. The molecule has 0 aromatic carbocycles. The summed E-state index contributed by atoms with van der Waals surface area (Å²) in [6, 6.07) is 1.68. The maximum atomic E-state index is 10.8. The third-order valence-electron chi connectivity index (χ3n) is 2.55. The van der Waals surface area contributed by atoms with Crippen LogP contribution in [0.25, 0.3) is 5.69 Å². The summed E-state index contributed by atoms with van der Waals surface area (Å²) >= 11 is 0. The highest BCUT2D eigenvalue weighted by atomic mass is 16.4. The van der Waals surface area contributed by atoms with Crippen LogP contribution in [-0.4, -0.2) is 42.5 Å². The number of rotatable bonds is 5. The lowest BCUT2D eigenvalue weighted by molar-refractivity contribution is 0.209. The number of anilines is 1. The number of nitrogens with one attached hydrogen (secondary N) is 1. The van der Waals surface area contributed by atoms with Gasteiger partial charge in [0.05, 0.1) is 31.2 Å². The lowest BCUT2D eigenvalue weighted by atomic mass is 10.3. The van der Waals surface area contributed by atoms with Gasteiger partial charge in [0, 0.05) is 6.07 Å². The van der Waals surface area contributed by atoms with Gasteiger partial charge in [-0.15, -0.1) is 0 Å². The van der Waals surface area contributed by atoms with Gasteiger partial charge in [-0.05, 0) is 6.42 Å². The van der Waals surface area contributed by atoms with Crippen LogP contribution in [-0.2, 0) is 13.0 Å². The quantitative estimate of drug-likeness (QED) is 0.738. The molecule has 0 atom stereocenters. The number of amides is 1. The zero-order valence-electron chi connectivity index (χ0n) is 10.4. The molecule has 0 bridgehead atoms. The molecule has 0 radical (unpaired) electrons. The molecule has 0 aliphatic heterocycles. The van der Waals surface area contributed by atoms with Crippen molar-refractivity contribution in [3.63, 3.8) is 0 Å². The van der Waals surface area contributed by atoms with Crippen molar-refractivity contribution in [3.05, 3.63) is 24.2 Å². The van der Waals surface area contributed by atoms with Gasteiger partial charge in [-0.1, -0.05) is 6.92 Å². The first-order chi connectivity index (χ1) is 9.13. The second kappa shape index (κ2) is 5.53. The smallest absolute Gasteiger partial charge is 0.410 e. The summed E-state index contributed by atoms with van der Waals surface area (Å²) in [7, 11) is 0. The second-order valence-corrected chi connectivity index (χ2v) is 3.90. The first-order valence-corrected chi connectivity index (χ1v) is 5.86. The predicted molar refractivity (Wildman–Crippen MR) is 67.5 cm³/mol. The summed E-state index contributed by atoms with van der Waals surface area (Å²) in [6.45, 7) is 2.30. The van der Waals surface area contributed by atoms with E-state index >= 15 is 0 Å². The largest absolute Gasteiger partial charge is 0.465 e. The van der Waals surface area contributed by atoms with Crippen molar-refractivity contribution in [2.45, 2.75) is 19.9 Å². The molecule has 0 aliphatic rings. The first kappa shape index (κ1) is 13.1. The van der Waals surface area contributed by atoms with Crippen LogP contribution in [0.15, 0.2) is 18.5 Å². The van der Waals surface area contributed by atoms with Crippen LogP contribution in [0.4, 0.5) is 10.6 Å². The lowest BCUT2D eigenvalue weighted by Gasteiger charge is -2.03. The fourth-order valence-electron chi connectivity index (χ4n) is 1.69. The first-order valence-electron chi connectivity index (χ1n) is 5.86. The average Bonchev–Trinajstić information content (AvgIpc) is 2.95. The number of carboxylic acid groups (broad SMARTS) is 1. The number of hydrogen-bond acceptors (Lipinski definition) is 4. The second-order valence-electron chi connectivity index (χ2n) is 3.90. The van der Waals surface area contributed by atoms with Crippen molar-refractivity contribution < 1.29 is 15.0 Å². The lowest BCUT2D eigenvalue weighted by Crippen LogP contribution is -2.11. The number of aliphatic hydroxyl groups excluding tert-OH is 1. The van der Waals surface area contributed by atoms with E-state index in [2.05, 4.69) is 15.5 Å². The van der Waals surface area contributed by atoms with E-state index in [1.807, 2.05) is 6.92 Å². The van der Waals surface area contributed by atoms with Gasteiger partial charge in [0.1, 0.15) is 11.5 Å². The normalized spacial score (nSPS) is 10.6. The topological polar surface area (TPSA) is 105 Å². The molecule has 2 heterocycles. The van der Waals surface area contributed by atoms with Crippen molar-refractivity contribution >= 4 is 11.9 Å². The van der Waals surface area contributed by atoms with Crippen LogP contribution in [0.1, 0.15) is 12.6 Å². The van der Waals surface area contributed by atoms with E-state index in [4.69, 9.17) is 10.2 Å². The molecular weight excluding hydrogens is 250 g/mol. The van der Waals surface area contributed by atoms with Crippen molar-refractivity contribution in [1.82, 2.24) is 19.6 Å². The molecule has 2 rings (SSSR count). The van der Waals surface area contributed by atoms with Crippen LogP contribution in [0.3, 0.4) is 0 Å². The number of aryl methyl sites for hydroxylation is 1. The maximum absolute atomic E-state index is 10.8. The third-order valence-corrected chi connectivity index (χ3v) is 2.55. The monoisotopic (exact) mass is 265 g/mol. The molecule has 0 unspecified atom stereocenters. The van der Waals surface area contributed by atoms with Gasteiger partial charge in [0.25, 0.3) is 0 Å². The molecule has 8 nitrogen and oxygen atoms in total. The Balaban J connectivity index is 2.35. The summed E-state index contributed by atoms with van der Waals surface area (Å²) in [5.41, 5.74) is 1.41. The molecule has 0 saturated heterocycles. The molecule has 2 aromatic heterocycles. The van der Waals surface area contributed by atoms with Gasteiger partial charge in [-0.25, -0.2) is 9.48 Å². The molecular formula is C11H15N5O3. The van der Waals surface area contributed by atoms with Crippen LogP contribution in [0.5, 0.6) is 0 Å². The highest BCUT2D eigenvalue weighted by Crippen LogP contribution is 2.17. The number of aliphatic hydroxyl groups is 1. The molecule has 8 heteroatoms. The Bertz CT molecular complexity index is 575. The van der Waals surface area contributed by atoms with Gasteiger partial charge in [-0.3, -0.25) is 10.00 Å². The molecule has 19 heavy (non-hydrogen) atoms. The van der Waals surface area contributed by atoms with Crippen LogP contribution in [0, 0.1) is 0 Å². The molecule has 0 aliphatic carbocycles. The number of carbonyl (C=O) groups is 1. The Morgan fingerprint density at radius 1 is 1.53 bits per heavy atom. The van der Waals surface area contributed by atoms with E-state index in [0.29, 0.717) is 24.5 Å². The maximum Gasteiger partial charge on any atom is 0.410 e. The number of nitrogens with zero attached hydrogens (tertiary/aromatic N) is 4. The average molecular weight is 265 g/mol. The molecule has 0 fully saturated rings. The highest BCUT2D eigenvalue weighted by Gasteiger charge is 2.12. The van der Waals surface area contributed by atoms with E-state index in [1.54, 1.807) is 23.1 Å². The molecule has 3 N–H and O–H groups in total. The Hall–Kier alpha value is -2.35. The minimum absolute atomic E-state index is 0.0132. The predicted octanol–water partition coefficient (Wildman–Crippen LogP) is 0.713. The van der Waals surface area contributed by atoms with Crippen molar-refractivity contribution in [2.24, 2.45) is 0 Å². The summed E-state index contributed by atoms with van der Waals surface area (Å²) in [5.74, 6) is 0.368. The molecule has 2 aromatic rings. The van der Waals surface area contributed by atoms with Crippen LogP contribution >= 0.6 is 0 Å². The highest BCUT2D eigenvalue weighted by molar-refractivity contribution is 5.82. The molecule has 0 saturated carbocycles. The van der Waals surface area contributed by atoms with Gasteiger partial charge in [0.2, 0.25) is 0 Å². The SMILES string of the molecule is CCc1cc(NC(=O)O)n(-c2cnn(CCO)c2)n1. The van der Waals surface area contributed by atoms with E-state index in [9.17, 15) is 4.79 Å². The minimum Gasteiger partial charge on any atom is -0.465 e. The molecule has 102 valence electrons. The summed E-state index contributed by atoms with van der Waals surface area (Å²) in [5, 5.41) is 28.3. The van der Waals surface area contributed by atoms with Crippen LogP contribution in [0.2, 0.25) is 0 Å². The standard InChI is InChI=1S/C11H15N5O3/c1-2-8-5-10(13-11(18)19)16(14-8)9-6-12-15(7-9)3-4-17/h5-7,13,17H,2-4H2,1H3,(H,18,19). The zero-order valence-corrected chi connectivity index (χ0v) is 10.4. The third kappa shape index (κ3) is 2.91. The molecule has 1 amide bonds. The van der Waals surface area contributed by atoms with Crippen molar-refractivity contribution in [3.8, 4) is 5.69 Å². The minimum atomic E-state index is -1.15. The van der Waals surface area contributed by atoms with Gasteiger partial charge in [-0.2, -0.15) is 10.2 Å². The number of aromatic nitrogens is 4. The summed E-state index contributed by atoms with van der Waals surface area (Å²) < 4.78 is 3.04. The summed E-state index contributed by atoms with van der Waals surface area (Å²) in [6.07, 6.45) is 2.81. The Morgan fingerprint density at radius 2 is 2.32 bits per heavy atom. The van der Waals surface area contributed by atoms with E-state index in [0.717, 1.165) is 5.69 Å². The fraction of sp³-hybridized carbons (Fsp3) is 0.364. The number of hydrogen-bond donors (Lipinski definition) is 3. The van der Waals surface area contributed by atoms with Gasteiger partial charge >= 0.3 is 6.09 Å². The Labute approximate surface area is 109 Å². The van der Waals surface area contributed by atoms with E-state index < -0.39 is 6.09 Å². The van der Waals surface area contributed by atoms with E-state index in [1.165, 1.54) is 4.68 Å². The van der Waals surface area contributed by atoms with Gasteiger partial charge in [0.15, 0.2) is 0 Å². The summed E-state index contributed by atoms with van der Waals surface area (Å²) in [4.78, 5) is 10.8.